The molecule has 0 saturated carbocycles. The number of esters is 1. The van der Waals surface area contributed by atoms with Crippen LogP contribution in [0.25, 0.3) is 0 Å². The summed E-state index contributed by atoms with van der Waals surface area (Å²) in [5.41, 5.74) is 5.53. The highest BCUT2D eigenvalue weighted by Gasteiger charge is 2.27. The van der Waals surface area contributed by atoms with Gasteiger partial charge in [-0.3, -0.25) is 14.9 Å². The molecule has 2 rings (SSSR count). The fraction of sp³-hybridized carbons (Fsp3) is 0.222. The molecular formula is C18H19N3O6. The van der Waals surface area contributed by atoms with Gasteiger partial charge in [0.15, 0.2) is 11.9 Å². The van der Waals surface area contributed by atoms with Crippen molar-refractivity contribution in [2.75, 3.05) is 5.32 Å². The van der Waals surface area contributed by atoms with Gasteiger partial charge in [0.25, 0.3) is 11.8 Å². The van der Waals surface area contributed by atoms with Gasteiger partial charge in [0.2, 0.25) is 0 Å². The van der Waals surface area contributed by atoms with Crippen LogP contribution in [0.2, 0.25) is 0 Å². The molecule has 0 aliphatic carbocycles. The molecule has 0 aliphatic heterocycles. The van der Waals surface area contributed by atoms with E-state index in [9.17, 15) is 19.2 Å². The minimum absolute atomic E-state index is 0.152. The first-order valence-electron chi connectivity index (χ1n) is 8.04. The fourth-order valence-electron chi connectivity index (χ4n) is 2.16. The van der Waals surface area contributed by atoms with E-state index in [1.165, 1.54) is 36.6 Å². The van der Waals surface area contributed by atoms with Gasteiger partial charge in [0.05, 0.1) is 11.8 Å². The molecule has 0 unspecified atom stereocenters. The summed E-state index contributed by atoms with van der Waals surface area (Å²) in [6.45, 7) is 3.32. The van der Waals surface area contributed by atoms with Gasteiger partial charge in [-0.15, -0.1) is 0 Å². The summed E-state index contributed by atoms with van der Waals surface area (Å²) in [6.07, 6.45) is 0.205. The first kappa shape index (κ1) is 19.7. The minimum atomic E-state index is -1.18. The van der Waals surface area contributed by atoms with Gasteiger partial charge in [0, 0.05) is 5.69 Å². The summed E-state index contributed by atoms with van der Waals surface area (Å²) in [5, 5.41) is 4.50. The highest BCUT2D eigenvalue weighted by molar-refractivity contribution is 6.02. The Kier molecular flexibility index (Phi) is 6.32. The maximum absolute atomic E-state index is 12.2. The number of hydrogen-bond donors (Lipinski definition) is 3. The van der Waals surface area contributed by atoms with Crippen LogP contribution in [0.3, 0.4) is 0 Å². The molecule has 9 nitrogen and oxygen atoms in total. The number of nitrogens with two attached hydrogens (primary N) is 1. The molecule has 142 valence electrons. The molecule has 0 spiro atoms. The van der Waals surface area contributed by atoms with Gasteiger partial charge >= 0.3 is 12.0 Å². The number of primary amides is 1. The molecule has 1 atom stereocenters. The third-order valence-corrected chi connectivity index (χ3v) is 3.47. The Labute approximate surface area is 154 Å². The van der Waals surface area contributed by atoms with Crippen molar-refractivity contribution in [3.63, 3.8) is 0 Å². The van der Waals surface area contributed by atoms with Crippen molar-refractivity contribution in [3.05, 3.63) is 54.0 Å². The summed E-state index contributed by atoms with van der Waals surface area (Å²) in [7, 11) is 0. The highest BCUT2D eigenvalue weighted by atomic mass is 16.5. The lowest BCUT2D eigenvalue weighted by Crippen LogP contribution is -2.45. The van der Waals surface area contributed by atoms with Crippen molar-refractivity contribution < 1.29 is 28.3 Å². The zero-order chi connectivity index (χ0) is 20.0. The Morgan fingerprint density at radius 2 is 1.74 bits per heavy atom. The van der Waals surface area contributed by atoms with Crippen LogP contribution in [-0.2, 0) is 9.53 Å². The van der Waals surface area contributed by atoms with Crippen molar-refractivity contribution in [2.24, 2.45) is 11.7 Å². The highest BCUT2D eigenvalue weighted by Crippen LogP contribution is 2.15. The standard InChI is InChI=1S/C18H19N3O6/c1-10(2)14(16(23)21-18(19)25)27-17(24)11-5-7-12(8-6-11)20-15(22)13-4-3-9-26-13/h3-10,14H,1-2H3,(H,20,22)(H3,19,21,23,25)/t14-/m1/s1. The van der Waals surface area contributed by atoms with Gasteiger partial charge in [-0.05, 0) is 42.3 Å². The van der Waals surface area contributed by atoms with Gasteiger partial charge in [-0.2, -0.15) is 0 Å². The first-order valence-corrected chi connectivity index (χ1v) is 8.04. The number of ether oxygens (including phenoxy) is 1. The smallest absolute Gasteiger partial charge is 0.338 e. The molecule has 1 heterocycles. The molecule has 0 saturated heterocycles. The minimum Gasteiger partial charge on any atom is -0.459 e. The van der Waals surface area contributed by atoms with E-state index in [0.29, 0.717) is 5.69 Å². The monoisotopic (exact) mass is 373 g/mol. The number of urea groups is 1. The normalized spacial score (nSPS) is 11.5. The van der Waals surface area contributed by atoms with Crippen LogP contribution in [0.5, 0.6) is 0 Å². The lowest BCUT2D eigenvalue weighted by Gasteiger charge is -2.19. The van der Waals surface area contributed by atoms with E-state index in [2.05, 4.69) is 5.32 Å². The Morgan fingerprint density at radius 3 is 2.26 bits per heavy atom. The van der Waals surface area contributed by atoms with Crippen molar-refractivity contribution in [1.82, 2.24) is 5.32 Å². The molecule has 0 aliphatic rings. The van der Waals surface area contributed by atoms with E-state index in [1.807, 2.05) is 5.32 Å². The molecule has 27 heavy (non-hydrogen) atoms. The number of nitrogens with one attached hydrogen (secondary N) is 2. The van der Waals surface area contributed by atoms with Gasteiger partial charge in [-0.1, -0.05) is 13.8 Å². The van der Waals surface area contributed by atoms with E-state index in [4.69, 9.17) is 14.9 Å². The van der Waals surface area contributed by atoms with E-state index in [-0.39, 0.29) is 17.2 Å². The first-order chi connectivity index (χ1) is 12.8. The van der Waals surface area contributed by atoms with Crippen molar-refractivity contribution >= 4 is 29.5 Å². The van der Waals surface area contributed by atoms with E-state index < -0.39 is 29.9 Å². The number of furan rings is 1. The van der Waals surface area contributed by atoms with Gasteiger partial charge in [0.1, 0.15) is 0 Å². The molecule has 0 bridgehead atoms. The predicted molar refractivity (Wildman–Crippen MR) is 94.9 cm³/mol. The summed E-state index contributed by atoms with van der Waals surface area (Å²) < 4.78 is 10.2. The molecule has 2 aromatic rings. The number of carbonyl (C=O) groups is 4. The number of amides is 4. The summed E-state index contributed by atoms with van der Waals surface area (Å²) >= 11 is 0. The number of hydrogen-bond acceptors (Lipinski definition) is 6. The third-order valence-electron chi connectivity index (χ3n) is 3.47. The molecule has 0 radical (unpaired) electrons. The van der Waals surface area contributed by atoms with Crippen LogP contribution in [0, 0.1) is 5.92 Å². The Bertz CT molecular complexity index is 827. The maximum atomic E-state index is 12.2. The summed E-state index contributed by atoms with van der Waals surface area (Å²) in [4.78, 5) is 46.9. The van der Waals surface area contributed by atoms with Crippen LogP contribution in [0.15, 0.2) is 47.1 Å². The average molecular weight is 373 g/mol. The summed E-state index contributed by atoms with van der Waals surface area (Å²) in [5.74, 6) is -2.21. The Hall–Kier alpha value is -3.62. The van der Waals surface area contributed by atoms with Gasteiger partial charge in [-0.25, -0.2) is 9.59 Å². The van der Waals surface area contributed by atoms with Crippen LogP contribution >= 0.6 is 0 Å². The van der Waals surface area contributed by atoms with E-state index in [0.717, 1.165) is 0 Å². The number of imide groups is 1. The predicted octanol–water partition coefficient (Wildman–Crippen LogP) is 1.91. The topological polar surface area (TPSA) is 141 Å². The molecule has 1 aromatic carbocycles. The fourth-order valence-corrected chi connectivity index (χ4v) is 2.16. The zero-order valence-corrected chi connectivity index (χ0v) is 14.7. The molecule has 0 fully saturated rings. The quantitative estimate of drug-likeness (QED) is 0.661. The van der Waals surface area contributed by atoms with Gasteiger partial charge < -0.3 is 20.2 Å². The molecule has 1 aromatic heterocycles. The second-order valence-electron chi connectivity index (χ2n) is 5.93. The Morgan fingerprint density at radius 1 is 1.07 bits per heavy atom. The Balaban J connectivity index is 2.02. The van der Waals surface area contributed by atoms with Crippen LogP contribution < -0.4 is 16.4 Å². The largest absolute Gasteiger partial charge is 0.459 e. The SMILES string of the molecule is CC(C)[C@@H](OC(=O)c1ccc(NC(=O)c2ccco2)cc1)C(=O)NC(N)=O. The van der Waals surface area contributed by atoms with Crippen molar-refractivity contribution in [2.45, 2.75) is 20.0 Å². The van der Waals surface area contributed by atoms with Crippen LogP contribution in [0.4, 0.5) is 10.5 Å². The second kappa shape index (κ2) is 8.65. The van der Waals surface area contributed by atoms with Crippen molar-refractivity contribution in [3.8, 4) is 0 Å². The zero-order valence-electron chi connectivity index (χ0n) is 14.7. The second-order valence-corrected chi connectivity index (χ2v) is 5.93. The van der Waals surface area contributed by atoms with E-state index in [1.54, 1.807) is 19.9 Å². The molecule has 4 N–H and O–H groups in total. The van der Waals surface area contributed by atoms with Crippen molar-refractivity contribution in [1.29, 1.82) is 0 Å². The lowest BCUT2D eigenvalue weighted by atomic mass is 10.1. The van der Waals surface area contributed by atoms with Crippen LogP contribution in [0.1, 0.15) is 34.8 Å². The molecular weight excluding hydrogens is 354 g/mol. The number of anilines is 1. The average Bonchev–Trinajstić information content (AvgIpc) is 3.13. The maximum Gasteiger partial charge on any atom is 0.338 e. The number of benzene rings is 1. The molecule has 4 amide bonds. The molecule has 9 heteroatoms. The third kappa shape index (κ3) is 5.43. The summed E-state index contributed by atoms with van der Waals surface area (Å²) in [6, 6.07) is 7.96. The van der Waals surface area contributed by atoms with E-state index >= 15 is 0 Å². The number of carbonyl (C=O) groups excluding carboxylic acids is 4. The van der Waals surface area contributed by atoms with Crippen LogP contribution in [-0.4, -0.2) is 29.9 Å². The lowest BCUT2D eigenvalue weighted by molar-refractivity contribution is -0.130. The number of rotatable bonds is 6.